The molecule has 1 rings (SSSR count). The fourth-order valence-electron chi connectivity index (χ4n) is 2.23. The van der Waals surface area contributed by atoms with Gasteiger partial charge in [-0.15, -0.1) is 6.58 Å². The zero-order valence-electron chi connectivity index (χ0n) is 15.6. The van der Waals surface area contributed by atoms with Crippen molar-refractivity contribution >= 4 is 16.9 Å². The first-order chi connectivity index (χ1) is 12.4. The molecule has 6 nitrogen and oxygen atoms in total. The standard InChI is InChI=1S/C19H29O2S.NO3/c1-4-5-6-7-8-9-10-11-12-19(20)21-17-13-15-18(16-14-17)22(2)3;2-1(3)4/h4,13-16H,1,5-12H2,2-3H3;/q+1;-1. The molecule has 146 valence electrons. The molecule has 7 heteroatoms. The van der Waals surface area contributed by atoms with Crippen molar-refractivity contribution in [1.82, 2.24) is 0 Å². The van der Waals surface area contributed by atoms with Crippen LogP contribution in [0, 0.1) is 15.3 Å². The molecule has 0 spiro atoms. The van der Waals surface area contributed by atoms with E-state index in [0.29, 0.717) is 12.2 Å². The number of ether oxygens (including phenoxy) is 1. The zero-order chi connectivity index (χ0) is 19.8. The van der Waals surface area contributed by atoms with Crippen LogP contribution in [0.1, 0.15) is 51.4 Å². The van der Waals surface area contributed by atoms with Crippen molar-refractivity contribution in [1.29, 1.82) is 0 Å². The number of unbranched alkanes of at least 4 members (excludes halogenated alkanes) is 6. The number of benzene rings is 1. The van der Waals surface area contributed by atoms with Gasteiger partial charge in [-0.25, -0.2) is 0 Å². The van der Waals surface area contributed by atoms with Crippen LogP contribution in [0.3, 0.4) is 0 Å². The fourth-order valence-corrected chi connectivity index (χ4v) is 2.91. The Hall–Kier alpha value is -2.02. The summed E-state index contributed by atoms with van der Waals surface area (Å²) in [6, 6.07) is 7.85. The Morgan fingerprint density at radius 3 is 2.08 bits per heavy atom. The van der Waals surface area contributed by atoms with Crippen LogP contribution in [0.2, 0.25) is 0 Å². The number of hydrogen-bond donors (Lipinski definition) is 0. The minimum atomic E-state index is -1.75. The van der Waals surface area contributed by atoms with E-state index < -0.39 is 5.09 Å². The van der Waals surface area contributed by atoms with Gasteiger partial charge in [-0.05, 0) is 43.5 Å². The maximum Gasteiger partial charge on any atom is 0.311 e. The first-order valence-corrected chi connectivity index (χ1v) is 10.7. The Kier molecular flexibility index (Phi) is 14.1. The summed E-state index contributed by atoms with van der Waals surface area (Å²) < 4.78 is 5.36. The van der Waals surface area contributed by atoms with Crippen LogP contribution in [0.5, 0.6) is 5.75 Å². The Morgan fingerprint density at radius 2 is 1.58 bits per heavy atom. The van der Waals surface area contributed by atoms with Crippen LogP contribution in [-0.2, 0) is 15.7 Å². The molecule has 0 aliphatic heterocycles. The van der Waals surface area contributed by atoms with Crippen LogP contribution in [-0.4, -0.2) is 23.6 Å². The maximum absolute atomic E-state index is 11.8. The first kappa shape index (κ1) is 24.0. The van der Waals surface area contributed by atoms with Gasteiger partial charge in [0.15, 0.2) is 4.90 Å². The van der Waals surface area contributed by atoms with E-state index in [2.05, 4.69) is 19.1 Å². The average Bonchev–Trinajstić information content (AvgIpc) is 2.57. The summed E-state index contributed by atoms with van der Waals surface area (Å²) >= 11 is 0. The van der Waals surface area contributed by atoms with Crippen molar-refractivity contribution < 1.29 is 14.6 Å². The fraction of sp³-hybridized carbons (Fsp3) is 0.526. The number of esters is 1. The van der Waals surface area contributed by atoms with E-state index in [4.69, 9.17) is 20.1 Å². The number of rotatable bonds is 11. The molecule has 0 heterocycles. The summed E-state index contributed by atoms with van der Waals surface area (Å²) in [6.07, 6.45) is 14.9. The van der Waals surface area contributed by atoms with Gasteiger partial charge in [0.25, 0.3) is 0 Å². The number of allylic oxidation sites excluding steroid dienone is 1. The van der Waals surface area contributed by atoms with E-state index in [9.17, 15) is 4.79 Å². The van der Waals surface area contributed by atoms with Gasteiger partial charge in [0.2, 0.25) is 0 Å². The van der Waals surface area contributed by atoms with E-state index in [-0.39, 0.29) is 16.9 Å². The van der Waals surface area contributed by atoms with E-state index in [1.54, 1.807) is 0 Å². The Morgan fingerprint density at radius 1 is 1.08 bits per heavy atom. The second-order valence-electron chi connectivity index (χ2n) is 5.93. The third-order valence-corrected chi connectivity index (χ3v) is 4.78. The largest absolute Gasteiger partial charge is 0.427 e. The lowest BCUT2D eigenvalue weighted by Crippen LogP contribution is -2.07. The van der Waals surface area contributed by atoms with Crippen molar-refractivity contribution in [2.24, 2.45) is 0 Å². The second-order valence-corrected chi connectivity index (χ2v) is 8.04. The van der Waals surface area contributed by atoms with E-state index in [1.165, 1.54) is 30.6 Å². The monoisotopic (exact) mass is 383 g/mol. The van der Waals surface area contributed by atoms with Gasteiger partial charge in [-0.3, -0.25) is 4.79 Å². The smallest absolute Gasteiger partial charge is 0.311 e. The van der Waals surface area contributed by atoms with Crippen LogP contribution >= 0.6 is 0 Å². The molecular weight excluding hydrogens is 354 g/mol. The summed E-state index contributed by atoms with van der Waals surface area (Å²) in [6.45, 7) is 3.72. The predicted molar refractivity (Wildman–Crippen MR) is 107 cm³/mol. The summed E-state index contributed by atoms with van der Waals surface area (Å²) in [7, 11) is 0.244. The lowest BCUT2D eigenvalue weighted by Gasteiger charge is -2.05. The van der Waals surface area contributed by atoms with Gasteiger partial charge in [-0.1, -0.05) is 31.8 Å². The molecular formula is C19H29NO5S. The highest BCUT2D eigenvalue weighted by molar-refractivity contribution is 7.95. The highest BCUT2D eigenvalue weighted by Crippen LogP contribution is 2.17. The molecule has 0 bridgehead atoms. The van der Waals surface area contributed by atoms with Gasteiger partial charge in [0.05, 0.1) is 5.09 Å². The molecule has 0 saturated heterocycles. The molecule has 0 N–H and O–H groups in total. The minimum Gasteiger partial charge on any atom is -0.427 e. The quantitative estimate of drug-likeness (QED) is 0.103. The lowest BCUT2D eigenvalue weighted by molar-refractivity contribution is -0.402. The molecule has 26 heavy (non-hydrogen) atoms. The molecule has 0 unspecified atom stereocenters. The molecule has 0 atom stereocenters. The second kappa shape index (κ2) is 15.3. The van der Waals surface area contributed by atoms with Crippen molar-refractivity contribution in [3.63, 3.8) is 0 Å². The van der Waals surface area contributed by atoms with E-state index in [1.807, 2.05) is 30.3 Å². The summed E-state index contributed by atoms with van der Waals surface area (Å²) in [5, 5.41) is 14.8. The average molecular weight is 384 g/mol. The molecule has 0 saturated carbocycles. The highest BCUT2D eigenvalue weighted by atomic mass is 32.2. The lowest BCUT2D eigenvalue weighted by atomic mass is 10.1. The summed E-state index contributed by atoms with van der Waals surface area (Å²) in [4.78, 5) is 21.3. The van der Waals surface area contributed by atoms with Gasteiger partial charge < -0.3 is 20.1 Å². The first-order valence-electron chi connectivity index (χ1n) is 8.67. The van der Waals surface area contributed by atoms with Crippen LogP contribution in [0.15, 0.2) is 41.8 Å². The molecule has 0 fully saturated rings. The van der Waals surface area contributed by atoms with Gasteiger partial charge >= 0.3 is 5.97 Å². The topological polar surface area (TPSA) is 92.5 Å². The van der Waals surface area contributed by atoms with Crippen LogP contribution in [0.25, 0.3) is 0 Å². The summed E-state index contributed by atoms with van der Waals surface area (Å²) in [5.74, 6) is 0.537. The van der Waals surface area contributed by atoms with Gasteiger partial charge in [0.1, 0.15) is 18.3 Å². The molecule has 0 radical (unpaired) electrons. The molecule has 1 aromatic rings. The highest BCUT2D eigenvalue weighted by Gasteiger charge is 2.09. The SMILES string of the molecule is C=CCCCCCCCCC(=O)Oc1ccc([S+](C)C)cc1.O=[N+]([O-])[O-]. The molecule has 0 aliphatic carbocycles. The normalized spacial score (nSPS) is 9.96. The zero-order valence-corrected chi connectivity index (χ0v) is 16.5. The van der Waals surface area contributed by atoms with Crippen molar-refractivity contribution in [2.45, 2.75) is 56.3 Å². The Bertz CT molecular complexity index is 527. The minimum absolute atomic E-state index is 0.119. The Balaban J connectivity index is 0.00000141. The number of carbonyl (C=O) groups is 1. The van der Waals surface area contributed by atoms with Crippen molar-refractivity contribution in [3.05, 3.63) is 52.2 Å². The van der Waals surface area contributed by atoms with Gasteiger partial charge in [0, 0.05) is 17.3 Å². The van der Waals surface area contributed by atoms with E-state index in [0.717, 1.165) is 19.3 Å². The third kappa shape index (κ3) is 14.3. The van der Waals surface area contributed by atoms with E-state index >= 15 is 0 Å². The van der Waals surface area contributed by atoms with Gasteiger partial charge in [-0.2, -0.15) is 0 Å². The predicted octanol–water partition coefficient (Wildman–Crippen LogP) is 4.90. The molecule has 1 aromatic carbocycles. The van der Waals surface area contributed by atoms with Crippen LogP contribution < -0.4 is 4.74 Å². The van der Waals surface area contributed by atoms with Crippen LogP contribution in [0.4, 0.5) is 0 Å². The molecule has 0 aliphatic rings. The Labute approximate surface area is 158 Å². The number of carbonyl (C=O) groups excluding carboxylic acids is 1. The number of nitrogens with zero attached hydrogens (tertiary/aromatic N) is 1. The summed E-state index contributed by atoms with van der Waals surface area (Å²) in [5.41, 5.74) is 0. The molecule has 0 amide bonds. The number of hydrogen-bond acceptors (Lipinski definition) is 5. The van der Waals surface area contributed by atoms with Crippen molar-refractivity contribution in [2.75, 3.05) is 12.5 Å². The maximum atomic E-state index is 11.8. The molecule has 0 aromatic heterocycles. The third-order valence-electron chi connectivity index (χ3n) is 3.57. The van der Waals surface area contributed by atoms with Crippen molar-refractivity contribution in [3.8, 4) is 5.75 Å².